The smallest absolute Gasteiger partial charge is 0.160 e. The van der Waals surface area contributed by atoms with Gasteiger partial charge in [-0.25, -0.2) is 4.98 Å². The molecule has 114 valence electrons. The second kappa shape index (κ2) is 5.85. The Morgan fingerprint density at radius 3 is 2.74 bits per heavy atom. The Hall–Kier alpha value is -3.26. The predicted molar refractivity (Wildman–Crippen MR) is 88.9 cm³/mol. The van der Waals surface area contributed by atoms with Crippen LogP contribution in [-0.4, -0.2) is 21.8 Å². The Balaban J connectivity index is 2.10. The van der Waals surface area contributed by atoms with Gasteiger partial charge in [0.2, 0.25) is 0 Å². The van der Waals surface area contributed by atoms with Gasteiger partial charge in [0, 0.05) is 7.05 Å². The first-order valence-electron chi connectivity index (χ1n) is 7.04. The first-order valence-corrected chi connectivity index (χ1v) is 7.04. The summed E-state index contributed by atoms with van der Waals surface area (Å²) in [5, 5.41) is 19.4. The van der Waals surface area contributed by atoms with E-state index in [0.717, 1.165) is 11.0 Å². The first kappa shape index (κ1) is 14.7. The summed E-state index contributed by atoms with van der Waals surface area (Å²) < 4.78 is 6.91. The molecule has 0 atom stereocenters. The Kier molecular flexibility index (Phi) is 3.73. The van der Waals surface area contributed by atoms with Crippen molar-refractivity contribution in [2.75, 3.05) is 7.11 Å². The third-order valence-electron chi connectivity index (χ3n) is 3.66. The highest BCUT2D eigenvalue weighted by Gasteiger charge is 2.12. The number of hydrogen-bond acceptors (Lipinski definition) is 4. The van der Waals surface area contributed by atoms with Crippen LogP contribution in [0.5, 0.6) is 11.5 Å². The fourth-order valence-electron chi connectivity index (χ4n) is 2.50. The van der Waals surface area contributed by atoms with Crippen molar-refractivity contribution in [1.82, 2.24) is 9.55 Å². The fourth-order valence-corrected chi connectivity index (χ4v) is 2.50. The van der Waals surface area contributed by atoms with Gasteiger partial charge in [-0.05, 0) is 35.9 Å². The Morgan fingerprint density at radius 2 is 2.09 bits per heavy atom. The van der Waals surface area contributed by atoms with Crippen LogP contribution in [0.15, 0.2) is 42.5 Å². The molecule has 1 N–H and O–H groups in total. The molecule has 0 spiro atoms. The number of nitriles is 1. The number of aromatic nitrogens is 2. The number of imidazole rings is 1. The molecule has 0 unspecified atom stereocenters. The summed E-state index contributed by atoms with van der Waals surface area (Å²) in [5.74, 6) is 1.01. The van der Waals surface area contributed by atoms with Crippen molar-refractivity contribution in [3.8, 4) is 17.6 Å². The number of para-hydroxylation sites is 2. The summed E-state index contributed by atoms with van der Waals surface area (Å²) in [4.78, 5) is 4.52. The zero-order chi connectivity index (χ0) is 16.4. The quantitative estimate of drug-likeness (QED) is 0.753. The molecule has 0 aliphatic carbocycles. The molecule has 0 radical (unpaired) electrons. The van der Waals surface area contributed by atoms with Crippen LogP contribution in [0.4, 0.5) is 0 Å². The molecule has 2 aromatic carbocycles. The maximum Gasteiger partial charge on any atom is 0.160 e. The van der Waals surface area contributed by atoms with E-state index in [1.807, 2.05) is 35.9 Å². The van der Waals surface area contributed by atoms with Gasteiger partial charge in [0.1, 0.15) is 6.07 Å². The van der Waals surface area contributed by atoms with Gasteiger partial charge in [-0.1, -0.05) is 18.2 Å². The van der Waals surface area contributed by atoms with E-state index in [2.05, 4.69) is 11.1 Å². The van der Waals surface area contributed by atoms with Gasteiger partial charge in [-0.3, -0.25) is 0 Å². The average molecular weight is 305 g/mol. The number of methoxy groups -OCH3 is 1. The number of aromatic hydroxyl groups is 1. The van der Waals surface area contributed by atoms with Crippen LogP contribution in [0.1, 0.15) is 11.4 Å². The van der Waals surface area contributed by atoms with Crippen molar-refractivity contribution in [3.63, 3.8) is 0 Å². The van der Waals surface area contributed by atoms with E-state index in [1.54, 1.807) is 24.3 Å². The number of ether oxygens (including phenoxy) is 1. The van der Waals surface area contributed by atoms with E-state index in [1.165, 1.54) is 7.11 Å². The molecule has 0 amide bonds. The average Bonchev–Trinajstić information content (AvgIpc) is 2.90. The Morgan fingerprint density at radius 1 is 1.30 bits per heavy atom. The number of phenols is 1. The topological polar surface area (TPSA) is 71.1 Å². The lowest BCUT2D eigenvalue weighted by atomic mass is 10.1. The van der Waals surface area contributed by atoms with E-state index in [9.17, 15) is 10.4 Å². The number of phenolic OH excluding ortho intramolecular Hbond substituents is 1. The highest BCUT2D eigenvalue weighted by Crippen LogP contribution is 2.28. The molecule has 1 aromatic heterocycles. The minimum Gasteiger partial charge on any atom is -0.504 e. The number of hydrogen-bond donors (Lipinski definition) is 1. The van der Waals surface area contributed by atoms with Crippen LogP contribution in [0, 0.1) is 11.3 Å². The van der Waals surface area contributed by atoms with E-state index < -0.39 is 0 Å². The van der Waals surface area contributed by atoms with Crippen molar-refractivity contribution >= 4 is 22.7 Å². The summed E-state index contributed by atoms with van der Waals surface area (Å²) >= 11 is 0. The molecule has 5 nitrogen and oxygen atoms in total. The molecule has 0 aliphatic heterocycles. The van der Waals surface area contributed by atoms with Gasteiger partial charge in [0.25, 0.3) is 0 Å². The summed E-state index contributed by atoms with van der Waals surface area (Å²) in [6.45, 7) is 0. The molecule has 0 fully saturated rings. The fraction of sp³-hybridized carbons (Fsp3) is 0.111. The zero-order valence-corrected chi connectivity index (χ0v) is 12.8. The van der Waals surface area contributed by atoms with Gasteiger partial charge in [0.15, 0.2) is 17.3 Å². The van der Waals surface area contributed by atoms with E-state index >= 15 is 0 Å². The van der Waals surface area contributed by atoms with Gasteiger partial charge in [-0.15, -0.1) is 0 Å². The molecule has 0 saturated heterocycles. The number of fused-ring (bicyclic) bond motifs is 1. The van der Waals surface area contributed by atoms with E-state index in [-0.39, 0.29) is 5.75 Å². The summed E-state index contributed by atoms with van der Waals surface area (Å²) in [5.41, 5.74) is 2.92. The molecular weight excluding hydrogens is 290 g/mol. The predicted octanol–water partition coefficient (Wildman–Crippen LogP) is 3.35. The van der Waals surface area contributed by atoms with Crippen molar-refractivity contribution in [3.05, 3.63) is 53.9 Å². The molecule has 0 bridgehead atoms. The number of allylic oxidation sites excluding steroid dienone is 1. The van der Waals surface area contributed by atoms with Crippen LogP contribution in [-0.2, 0) is 7.05 Å². The molecule has 1 heterocycles. The normalized spacial score (nSPS) is 11.4. The van der Waals surface area contributed by atoms with Crippen LogP contribution in [0.3, 0.4) is 0 Å². The van der Waals surface area contributed by atoms with Gasteiger partial charge in [-0.2, -0.15) is 5.26 Å². The first-order chi connectivity index (χ1) is 11.1. The zero-order valence-electron chi connectivity index (χ0n) is 12.8. The Labute approximate surface area is 133 Å². The minimum atomic E-state index is 0.0311. The van der Waals surface area contributed by atoms with Crippen molar-refractivity contribution in [1.29, 1.82) is 5.26 Å². The second-order valence-electron chi connectivity index (χ2n) is 5.08. The molecule has 23 heavy (non-hydrogen) atoms. The summed E-state index contributed by atoms with van der Waals surface area (Å²) in [6.07, 6.45) is 1.69. The molecule has 5 heteroatoms. The molecular formula is C18H15N3O2. The van der Waals surface area contributed by atoms with Crippen LogP contribution in [0.25, 0.3) is 22.7 Å². The molecule has 3 aromatic rings. The second-order valence-corrected chi connectivity index (χ2v) is 5.08. The number of nitrogens with zero attached hydrogens (tertiary/aromatic N) is 3. The number of benzene rings is 2. The van der Waals surface area contributed by atoms with Crippen LogP contribution in [0.2, 0.25) is 0 Å². The van der Waals surface area contributed by atoms with Crippen molar-refractivity contribution < 1.29 is 9.84 Å². The Bertz CT molecular complexity index is 949. The lowest BCUT2D eigenvalue weighted by Gasteiger charge is -2.04. The van der Waals surface area contributed by atoms with E-state index in [4.69, 9.17) is 4.74 Å². The number of aryl methyl sites for hydroxylation is 1. The molecule has 3 rings (SSSR count). The highest BCUT2D eigenvalue weighted by atomic mass is 16.5. The lowest BCUT2D eigenvalue weighted by Crippen LogP contribution is -1.96. The van der Waals surface area contributed by atoms with E-state index in [0.29, 0.717) is 22.7 Å². The number of rotatable bonds is 3. The van der Waals surface area contributed by atoms with Crippen LogP contribution >= 0.6 is 0 Å². The van der Waals surface area contributed by atoms with Crippen LogP contribution < -0.4 is 4.74 Å². The highest BCUT2D eigenvalue weighted by molar-refractivity contribution is 5.91. The SMILES string of the molecule is COc1ccc(/C=C(/C#N)c2nc3ccccc3n2C)cc1O. The third kappa shape index (κ3) is 2.62. The molecule has 0 saturated carbocycles. The summed E-state index contributed by atoms with van der Waals surface area (Å²) in [7, 11) is 3.37. The summed E-state index contributed by atoms with van der Waals surface area (Å²) in [6, 6.07) is 14.9. The standard InChI is InChI=1S/C18H15N3O2/c1-21-15-6-4-3-5-14(15)20-18(21)13(11-19)9-12-7-8-17(23-2)16(22)10-12/h3-10,22H,1-2H3/b13-9-. The van der Waals surface area contributed by atoms with Gasteiger partial charge < -0.3 is 14.4 Å². The maximum absolute atomic E-state index is 9.86. The monoisotopic (exact) mass is 305 g/mol. The third-order valence-corrected chi connectivity index (χ3v) is 3.66. The van der Waals surface area contributed by atoms with Gasteiger partial charge in [0.05, 0.1) is 23.7 Å². The van der Waals surface area contributed by atoms with Gasteiger partial charge >= 0.3 is 0 Å². The maximum atomic E-state index is 9.86. The minimum absolute atomic E-state index is 0.0311. The van der Waals surface area contributed by atoms with Crippen molar-refractivity contribution in [2.45, 2.75) is 0 Å². The largest absolute Gasteiger partial charge is 0.504 e. The molecule has 0 aliphatic rings. The lowest BCUT2D eigenvalue weighted by molar-refractivity contribution is 0.373. The van der Waals surface area contributed by atoms with Crippen molar-refractivity contribution in [2.24, 2.45) is 7.05 Å².